The van der Waals surface area contributed by atoms with Gasteiger partial charge < -0.3 is 10.0 Å². The highest BCUT2D eigenvalue weighted by molar-refractivity contribution is 5.78. The van der Waals surface area contributed by atoms with Crippen LogP contribution in [-0.4, -0.2) is 53.6 Å². The smallest absolute Gasteiger partial charge is 0.236 e. The summed E-state index contributed by atoms with van der Waals surface area (Å²) in [6, 6.07) is 10.0. The lowest BCUT2D eigenvalue weighted by Gasteiger charge is -2.25. The molecule has 0 aliphatic heterocycles. The summed E-state index contributed by atoms with van der Waals surface area (Å²) in [5.41, 5.74) is 1.16. The van der Waals surface area contributed by atoms with Crippen molar-refractivity contribution in [2.45, 2.75) is 20.4 Å². The first-order valence-corrected chi connectivity index (χ1v) is 6.86. The van der Waals surface area contributed by atoms with E-state index in [1.807, 2.05) is 54.0 Å². The summed E-state index contributed by atoms with van der Waals surface area (Å²) in [6.45, 7) is 7.05. The minimum absolute atomic E-state index is 0.0678. The first-order valence-electron chi connectivity index (χ1n) is 6.86. The van der Waals surface area contributed by atoms with Gasteiger partial charge in [0, 0.05) is 26.2 Å². The quantitative estimate of drug-likeness (QED) is 0.771. The third-order valence-electron chi connectivity index (χ3n) is 3.14. The fourth-order valence-electron chi connectivity index (χ4n) is 2.06. The van der Waals surface area contributed by atoms with Gasteiger partial charge in [0.15, 0.2) is 0 Å². The van der Waals surface area contributed by atoms with Gasteiger partial charge in [0.05, 0.1) is 13.2 Å². The van der Waals surface area contributed by atoms with Gasteiger partial charge in [-0.25, -0.2) is 0 Å². The molecule has 19 heavy (non-hydrogen) atoms. The summed E-state index contributed by atoms with van der Waals surface area (Å²) in [5, 5.41) is 9.11. The van der Waals surface area contributed by atoms with Crippen molar-refractivity contribution >= 4 is 5.91 Å². The number of carbonyl (C=O) groups excluding carboxylic acids is 1. The summed E-state index contributed by atoms with van der Waals surface area (Å²) in [5.74, 6) is 0.120. The summed E-state index contributed by atoms with van der Waals surface area (Å²) < 4.78 is 0. The molecule has 0 bridgehead atoms. The third kappa shape index (κ3) is 5.41. The molecule has 0 fully saturated rings. The highest BCUT2D eigenvalue weighted by Crippen LogP contribution is 2.05. The van der Waals surface area contributed by atoms with Crippen LogP contribution in [0.5, 0.6) is 0 Å². The molecule has 1 aromatic rings. The first-order chi connectivity index (χ1) is 9.21. The van der Waals surface area contributed by atoms with Crippen molar-refractivity contribution in [3.05, 3.63) is 35.9 Å². The van der Waals surface area contributed by atoms with Gasteiger partial charge in [-0.3, -0.25) is 9.69 Å². The van der Waals surface area contributed by atoms with Crippen molar-refractivity contribution in [1.29, 1.82) is 0 Å². The van der Waals surface area contributed by atoms with Crippen molar-refractivity contribution in [2.24, 2.45) is 0 Å². The average Bonchev–Trinajstić information content (AvgIpc) is 2.41. The van der Waals surface area contributed by atoms with Gasteiger partial charge in [0.25, 0.3) is 0 Å². The first kappa shape index (κ1) is 15.7. The van der Waals surface area contributed by atoms with E-state index >= 15 is 0 Å². The Morgan fingerprint density at radius 2 is 1.79 bits per heavy atom. The Morgan fingerprint density at radius 3 is 2.32 bits per heavy atom. The lowest BCUT2D eigenvalue weighted by molar-refractivity contribution is -0.132. The van der Waals surface area contributed by atoms with Crippen LogP contribution in [0.1, 0.15) is 19.4 Å². The van der Waals surface area contributed by atoms with E-state index in [0.29, 0.717) is 19.6 Å². The number of nitrogens with zero attached hydrogens (tertiary/aromatic N) is 2. The standard InChI is InChI=1S/C15H24N2O2/c1-3-17(4-2)15(19)13-16(10-11-18)12-14-8-6-5-7-9-14/h5-9,18H,3-4,10-13H2,1-2H3. The monoisotopic (exact) mass is 264 g/mol. The van der Waals surface area contributed by atoms with Gasteiger partial charge in [0.2, 0.25) is 5.91 Å². The number of amides is 1. The Kier molecular flexibility index (Phi) is 7.15. The number of carbonyl (C=O) groups is 1. The number of hydrogen-bond acceptors (Lipinski definition) is 3. The highest BCUT2D eigenvalue weighted by atomic mass is 16.3. The number of benzene rings is 1. The van der Waals surface area contributed by atoms with Gasteiger partial charge in [-0.2, -0.15) is 0 Å². The zero-order valence-electron chi connectivity index (χ0n) is 11.9. The van der Waals surface area contributed by atoms with Gasteiger partial charge in [-0.1, -0.05) is 30.3 Å². The molecule has 1 rings (SSSR count). The lowest BCUT2D eigenvalue weighted by atomic mass is 10.2. The predicted molar refractivity (Wildman–Crippen MR) is 76.7 cm³/mol. The zero-order valence-corrected chi connectivity index (χ0v) is 11.9. The number of rotatable bonds is 8. The topological polar surface area (TPSA) is 43.8 Å². The van der Waals surface area contributed by atoms with E-state index in [0.717, 1.165) is 18.7 Å². The molecule has 0 unspecified atom stereocenters. The van der Waals surface area contributed by atoms with E-state index in [4.69, 9.17) is 5.11 Å². The second-order valence-electron chi connectivity index (χ2n) is 4.49. The van der Waals surface area contributed by atoms with E-state index in [1.165, 1.54) is 0 Å². The summed E-state index contributed by atoms with van der Waals surface area (Å²) in [6.07, 6.45) is 0. The van der Waals surface area contributed by atoms with Crippen LogP contribution in [0.3, 0.4) is 0 Å². The van der Waals surface area contributed by atoms with Gasteiger partial charge in [-0.15, -0.1) is 0 Å². The molecule has 0 radical (unpaired) electrons. The number of hydrogen-bond donors (Lipinski definition) is 1. The van der Waals surface area contributed by atoms with Gasteiger partial charge >= 0.3 is 0 Å². The zero-order chi connectivity index (χ0) is 14.1. The van der Waals surface area contributed by atoms with Crippen molar-refractivity contribution < 1.29 is 9.90 Å². The average molecular weight is 264 g/mol. The van der Waals surface area contributed by atoms with E-state index in [-0.39, 0.29) is 12.5 Å². The molecule has 0 aromatic heterocycles. The molecule has 1 N–H and O–H groups in total. The maximum Gasteiger partial charge on any atom is 0.236 e. The van der Waals surface area contributed by atoms with Crippen LogP contribution in [0.2, 0.25) is 0 Å². The van der Waals surface area contributed by atoms with E-state index < -0.39 is 0 Å². The Morgan fingerprint density at radius 1 is 1.16 bits per heavy atom. The number of aliphatic hydroxyl groups excluding tert-OH is 1. The van der Waals surface area contributed by atoms with Crippen LogP contribution >= 0.6 is 0 Å². The molecule has 4 heteroatoms. The van der Waals surface area contributed by atoms with Gasteiger partial charge in [-0.05, 0) is 19.4 Å². The Labute approximate surface area is 115 Å². The van der Waals surface area contributed by atoms with E-state index in [9.17, 15) is 4.79 Å². The molecule has 0 saturated heterocycles. The Hall–Kier alpha value is -1.39. The maximum atomic E-state index is 12.1. The normalized spacial score (nSPS) is 10.7. The molecule has 0 aliphatic carbocycles. The molecule has 0 heterocycles. The second kappa shape index (κ2) is 8.67. The molecule has 4 nitrogen and oxygen atoms in total. The van der Waals surface area contributed by atoms with Gasteiger partial charge in [0.1, 0.15) is 0 Å². The molecule has 1 aromatic carbocycles. The van der Waals surface area contributed by atoms with Crippen LogP contribution in [0.4, 0.5) is 0 Å². The molecule has 0 aliphatic rings. The van der Waals surface area contributed by atoms with Crippen LogP contribution in [0, 0.1) is 0 Å². The van der Waals surface area contributed by atoms with E-state index in [1.54, 1.807) is 0 Å². The van der Waals surface area contributed by atoms with Crippen molar-refractivity contribution in [3.63, 3.8) is 0 Å². The highest BCUT2D eigenvalue weighted by Gasteiger charge is 2.14. The molecular formula is C15H24N2O2. The molecule has 1 amide bonds. The summed E-state index contributed by atoms with van der Waals surface area (Å²) >= 11 is 0. The summed E-state index contributed by atoms with van der Waals surface area (Å²) in [7, 11) is 0. The van der Waals surface area contributed by atoms with Crippen molar-refractivity contribution in [2.75, 3.05) is 32.8 Å². The van der Waals surface area contributed by atoms with Crippen molar-refractivity contribution in [3.8, 4) is 0 Å². The Bertz CT molecular complexity index is 364. The van der Waals surface area contributed by atoms with Crippen LogP contribution in [0.15, 0.2) is 30.3 Å². The van der Waals surface area contributed by atoms with Crippen molar-refractivity contribution in [1.82, 2.24) is 9.80 Å². The SMILES string of the molecule is CCN(CC)C(=O)CN(CCO)Cc1ccccc1. The number of likely N-dealkylation sites (N-methyl/N-ethyl adjacent to an activating group) is 1. The minimum atomic E-state index is 0.0678. The molecular weight excluding hydrogens is 240 g/mol. The second-order valence-corrected chi connectivity index (χ2v) is 4.49. The van der Waals surface area contributed by atoms with Crippen LogP contribution in [0.25, 0.3) is 0 Å². The molecule has 0 saturated carbocycles. The fraction of sp³-hybridized carbons (Fsp3) is 0.533. The Balaban J connectivity index is 2.60. The van der Waals surface area contributed by atoms with Crippen LogP contribution in [-0.2, 0) is 11.3 Å². The number of aliphatic hydroxyl groups is 1. The third-order valence-corrected chi connectivity index (χ3v) is 3.14. The minimum Gasteiger partial charge on any atom is -0.395 e. The summed E-state index contributed by atoms with van der Waals surface area (Å²) in [4.78, 5) is 15.9. The molecule has 0 spiro atoms. The fourth-order valence-corrected chi connectivity index (χ4v) is 2.06. The predicted octanol–water partition coefficient (Wildman–Crippen LogP) is 1.35. The van der Waals surface area contributed by atoms with Crippen LogP contribution < -0.4 is 0 Å². The molecule has 106 valence electrons. The van der Waals surface area contributed by atoms with E-state index in [2.05, 4.69) is 0 Å². The molecule has 0 atom stereocenters. The largest absolute Gasteiger partial charge is 0.395 e. The lowest BCUT2D eigenvalue weighted by Crippen LogP contribution is -2.40. The maximum absolute atomic E-state index is 12.1.